The second-order valence-electron chi connectivity index (χ2n) is 2.48. The van der Waals surface area contributed by atoms with Gasteiger partial charge in [-0.25, -0.2) is 0 Å². The minimum absolute atomic E-state index is 0.208. The van der Waals surface area contributed by atoms with Gasteiger partial charge in [-0.1, -0.05) is 12.2 Å². The quantitative estimate of drug-likeness (QED) is 0.421. The van der Waals surface area contributed by atoms with Gasteiger partial charge in [0.2, 0.25) is 0 Å². The van der Waals surface area contributed by atoms with E-state index in [1.54, 1.807) is 12.2 Å². The Morgan fingerprint density at radius 2 is 1.62 bits per heavy atom. The van der Waals surface area contributed by atoms with Crippen molar-refractivity contribution in [3.05, 3.63) is 25.3 Å². The van der Waals surface area contributed by atoms with Crippen LogP contribution < -0.4 is 0 Å². The molecule has 0 N–H and O–H groups in total. The van der Waals surface area contributed by atoms with Crippen molar-refractivity contribution in [2.45, 2.75) is 0 Å². The van der Waals surface area contributed by atoms with Gasteiger partial charge < -0.3 is 9.47 Å². The number of hydrogen-bond donors (Lipinski definition) is 0. The fraction of sp³-hybridized carbons (Fsp3) is 0.500. The van der Waals surface area contributed by atoms with Crippen LogP contribution in [0.3, 0.4) is 0 Å². The van der Waals surface area contributed by atoms with Crippen LogP contribution >= 0.6 is 0 Å². The summed E-state index contributed by atoms with van der Waals surface area (Å²) in [7, 11) is 0. The van der Waals surface area contributed by atoms with Crippen molar-refractivity contribution in [1.29, 1.82) is 5.26 Å². The van der Waals surface area contributed by atoms with Gasteiger partial charge in [-0.2, -0.15) is 5.26 Å². The molecule has 0 spiro atoms. The molecule has 0 aliphatic carbocycles. The van der Waals surface area contributed by atoms with Crippen LogP contribution in [-0.4, -0.2) is 26.4 Å². The molecule has 3 nitrogen and oxygen atoms in total. The maximum Gasteiger partial charge on any atom is 0.0930 e. The Balaban J connectivity index is 3.46. The lowest BCUT2D eigenvalue weighted by Gasteiger charge is -2.08. The summed E-state index contributed by atoms with van der Waals surface area (Å²) in [6.07, 6.45) is 3.30. The lowest BCUT2D eigenvalue weighted by molar-refractivity contribution is 0.0796. The van der Waals surface area contributed by atoms with Crippen LogP contribution in [0.4, 0.5) is 0 Å². The molecule has 0 radical (unpaired) electrons. The number of nitrogens with zero attached hydrogens (tertiary/aromatic N) is 1. The van der Waals surface area contributed by atoms with Crippen molar-refractivity contribution in [2.75, 3.05) is 26.4 Å². The highest BCUT2D eigenvalue weighted by Gasteiger charge is 2.06. The first-order valence-corrected chi connectivity index (χ1v) is 4.12. The first-order valence-electron chi connectivity index (χ1n) is 4.12. The largest absolute Gasteiger partial charge is 0.376 e. The monoisotopic (exact) mass is 181 g/mol. The summed E-state index contributed by atoms with van der Waals surface area (Å²) < 4.78 is 10.2. The number of nitriles is 1. The fourth-order valence-corrected chi connectivity index (χ4v) is 0.710. The molecular formula is C10H15NO2. The fourth-order valence-electron chi connectivity index (χ4n) is 0.710. The van der Waals surface area contributed by atoms with Crippen molar-refractivity contribution >= 4 is 0 Å². The maximum atomic E-state index is 8.66. The molecule has 0 aromatic heterocycles. The molecule has 0 fully saturated rings. The lowest BCUT2D eigenvalue weighted by atomic mass is 10.2. The van der Waals surface area contributed by atoms with Gasteiger partial charge in [0.1, 0.15) is 0 Å². The van der Waals surface area contributed by atoms with Gasteiger partial charge in [-0.3, -0.25) is 0 Å². The summed E-state index contributed by atoms with van der Waals surface area (Å²) in [6, 6.07) is 2.10. The standard InChI is InChI=1S/C10H15NO2/c1-3-5-12-8-10(7-11)9-13-6-4-2/h3-4,10H,1-2,5-6,8-9H2. The van der Waals surface area contributed by atoms with Crippen molar-refractivity contribution in [1.82, 2.24) is 0 Å². The van der Waals surface area contributed by atoms with E-state index in [2.05, 4.69) is 19.2 Å². The number of ether oxygens (including phenoxy) is 2. The zero-order valence-electron chi connectivity index (χ0n) is 7.74. The predicted molar refractivity (Wildman–Crippen MR) is 51.1 cm³/mol. The molecule has 0 unspecified atom stereocenters. The normalized spacial score (nSPS) is 9.54. The summed E-state index contributed by atoms with van der Waals surface area (Å²) in [6.45, 7) is 8.73. The van der Waals surface area contributed by atoms with Crippen molar-refractivity contribution < 1.29 is 9.47 Å². The van der Waals surface area contributed by atoms with E-state index in [-0.39, 0.29) is 5.92 Å². The number of rotatable bonds is 8. The molecular weight excluding hydrogens is 166 g/mol. The zero-order valence-corrected chi connectivity index (χ0v) is 7.74. The lowest BCUT2D eigenvalue weighted by Crippen LogP contribution is -2.14. The van der Waals surface area contributed by atoms with Crippen LogP contribution in [0.5, 0.6) is 0 Å². The number of hydrogen-bond acceptors (Lipinski definition) is 3. The predicted octanol–water partition coefficient (Wildman–Crippen LogP) is 1.53. The molecule has 0 aromatic carbocycles. The first-order chi connectivity index (χ1) is 6.35. The van der Waals surface area contributed by atoms with Crippen LogP contribution in [0.2, 0.25) is 0 Å². The van der Waals surface area contributed by atoms with Crippen LogP contribution in [0, 0.1) is 17.2 Å². The average molecular weight is 181 g/mol. The van der Waals surface area contributed by atoms with E-state index in [9.17, 15) is 0 Å². The smallest absolute Gasteiger partial charge is 0.0930 e. The van der Waals surface area contributed by atoms with Gasteiger partial charge in [-0.15, -0.1) is 13.2 Å². The molecule has 0 atom stereocenters. The third-order valence-corrected chi connectivity index (χ3v) is 1.29. The first kappa shape index (κ1) is 11.9. The van der Waals surface area contributed by atoms with E-state index in [4.69, 9.17) is 14.7 Å². The van der Waals surface area contributed by atoms with Gasteiger partial charge in [-0.05, 0) is 0 Å². The molecule has 0 saturated heterocycles. The third-order valence-electron chi connectivity index (χ3n) is 1.29. The minimum atomic E-state index is -0.208. The van der Waals surface area contributed by atoms with E-state index in [0.29, 0.717) is 26.4 Å². The highest BCUT2D eigenvalue weighted by molar-refractivity contribution is 4.83. The van der Waals surface area contributed by atoms with Crippen LogP contribution in [0.15, 0.2) is 25.3 Å². The second-order valence-corrected chi connectivity index (χ2v) is 2.48. The van der Waals surface area contributed by atoms with Crippen LogP contribution in [-0.2, 0) is 9.47 Å². The Bertz CT molecular complexity index is 170. The van der Waals surface area contributed by atoms with Gasteiger partial charge in [0, 0.05) is 0 Å². The van der Waals surface area contributed by atoms with E-state index in [1.807, 2.05) is 0 Å². The summed E-state index contributed by atoms with van der Waals surface area (Å²) in [4.78, 5) is 0. The maximum absolute atomic E-state index is 8.66. The summed E-state index contributed by atoms with van der Waals surface area (Å²) in [5.74, 6) is -0.208. The second kappa shape index (κ2) is 8.98. The molecule has 3 heteroatoms. The van der Waals surface area contributed by atoms with E-state index < -0.39 is 0 Å². The molecule has 0 aliphatic heterocycles. The Labute approximate surface area is 79.3 Å². The van der Waals surface area contributed by atoms with Gasteiger partial charge in [0.15, 0.2) is 0 Å². The molecule has 0 aliphatic rings. The zero-order chi connectivity index (χ0) is 9.94. The summed E-state index contributed by atoms with van der Waals surface area (Å²) in [5.41, 5.74) is 0. The van der Waals surface area contributed by atoms with Gasteiger partial charge in [0.25, 0.3) is 0 Å². The topological polar surface area (TPSA) is 42.2 Å². The highest BCUT2D eigenvalue weighted by Crippen LogP contribution is 1.97. The van der Waals surface area contributed by atoms with E-state index in [0.717, 1.165) is 0 Å². The molecule has 0 saturated carbocycles. The third kappa shape index (κ3) is 7.26. The average Bonchev–Trinajstić information content (AvgIpc) is 2.16. The Hall–Kier alpha value is -1.11. The molecule has 0 heterocycles. The van der Waals surface area contributed by atoms with E-state index >= 15 is 0 Å². The van der Waals surface area contributed by atoms with Crippen LogP contribution in [0.1, 0.15) is 0 Å². The molecule has 0 rings (SSSR count). The van der Waals surface area contributed by atoms with Crippen LogP contribution in [0.25, 0.3) is 0 Å². The van der Waals surface area contributed by atoms with Gasteiger partial charge >= 0.3 is 0 Å². The molecule has 0 bridgehead atoms. The highest BCUT2D eigenvalue weighted by atomic mass is 16.5. The Morgan fingerprint density at radius 1 is 1.15 bits per heavy atom. The van der Waals surface area contributed by atoms with Gasteiger partial charge in [0.05, 0.1) is 38.4 Å². The molecule has 0 aromatic rings. The molecule has 72 valence electrons. The Kier molecular flexibility index (Phi) is 8.21. The Morgan fingerprint density at radius 3 is 1.92 bits per heavy atom. The van der Waals surface area contributed by atoms with Crippen molar-refractivity contribution in [3.8, 4) is 6.07 Å². The summed E-state index contributed by atoms with van der Waals surface area (Å²) >= 11 is 0. The van der Waals surface area contributed by atoms with Crippen molar-refractivity contribution in [3.63, 3.8) is 0 Å². The minimum Gasteiger partial charge on any atom is -0.376 e. The summed E-state index contributed by atoms with van der Waals surface area (Å²) in [5, 5.41) is 8.66. The molecule has 0 amide bonds. The van der Waals surface area contributed by atoms with E-state index in [1.165, 1.54) is 0 Å². The molecule has 13 heavy (non-hydrogen) atoms. The van der Waals surface area contributed by atoms with Crippen molar-refractivity contribution in [2.24, 2.45) is 5.92 Å². The SMILES string of the molecule is C=CCOCC(C#N)COCC=C.